The molecule has 0 atom stereocenters. The van der Waals surface area contributed by atoms with E-state index in [2.05, 4.69) is 5.32 Å². The molecule has 0 aliphatic rings. The third-order valence-electron chi connectivity index (χ3n) is 2.36. The summed E-state index contributed by atoms with van der Waals surface area (Å²) in [6, 6.07) is 5.33. The highest BCUT2D eigenvalue weighted by Gasteiger charge is 2.09. The van der Waals surface area contributed by atoms with Gasteiger partial charge in [-0.1, -0.05) is 6.07 Å². The van der Waals surface area contributed by atoms with Crippen molar-refractivity contribution < 1.29 is 9.53 Å². The predicted molar refractivity (Wildman–Crippen MR) is 64.4 cm³/mol. The Kier molecular flexibility index (Phi) is 4.79. The van der Waals surface area contributed by atoms with Crippen molar-refractivity contribution in [2.75, 3.05) is 25.5 Å². The minimum atomic E-state index is -0.107. The van der Waals surface area contributed by atoms with E-state index < -0.39 is 0 Å². The minimum absolute atomic E-state index is 0.107. The van der Waals surface area contributed by atoms with Crippen LogP contribution in [0, 0.1) is 6.92 Å². The SMILES string of the molecule is CCOCCNC(=O)c1cccc(N)c1C. The highest BCUT2D eigenvalue weighted by molar-refractivity contribution is 5.96. The summed E-state index contributed by atoms with van der Waals surface area (Å²) < 4.78 is 5.13. The maximum atomic E-state index is 11.8. The largest absolute Gasteiger partial charge is 0.398 e. The number of hydrogen-bond donors (Lipinski definition) is 2. The monoisotopic (exact) mass is 222 g/mol. The van der Waals surface area contributed by atoms with Crippen LogP contribution in [-0.4, -0.2) is 25.7 Å². The Morgan fingerprint density at radius 1 is 1.50 bits per heavy atom. The van der Waals surface area contributed by atoms with Crippen LogP contribution in [0.5, 0.6) is 0 Å². The van der Waals surface area contributed by atoms with Gasteiger partial charge in [0.05, 0.1) is 6.61 Å². The van der Waals surface area contributed by atoms with E-state index in [1.807, 2.05) is 13.8 Å². The van der Waals surface area contributed by atoms with Crippen molar-refractivity contribution in [3.05, 3.63) is 29.3 Å². The summed E-state index contributed by atoms with van der Waals surface area (Å²) in [5.41, 5.74) is 7.80. The molecule has 0 aliphatic heterocycles. The zero-order chi connectivity index (χ0) is 12.0. The van der Waals surface area contributed by atoms with Crippen LogP contribution in [-0.2, 0) is 4.74 Å². The van der Waals surface area contributed by atoms with Crippen LogP contribution in [0.25, 0.3) is 0 Å². The Hall–Kier alpha value is -1.55. The van der Waals surface area contributed by atoms with E-state index in [1.54, 1.807) is 18.2 Å². The zero-order valence-corrected chi connectivity index (χ0v) is 9.75. The molecule has 0 heterocycles. The first-order valence-corrected chi connectivity index (χ1v) is 5.37. The number of nitrogen functional groups attached to an aromatic ring is 1. The lowest BCUT2D eigenvalue weighted by molar-refractivity contribution is 0.0922. The minimum Gasteiger partial charge on any atom is -0.398 e. The van der Waals surface area contributed by atoms with Gasteiger partial charge in [0.15, 0.2) is 0 Å². The molecule has 4 nitrogen and oxygen atoms in total. The lowest BCUT2D eigenvalue weighted by Crippen LogP contribution is -2.28. The number of carbonyl (C=O) groups is 1. The van der Waals surface area contributed by atoms with E-state index in [4.69, 9.17) is 10.5 Å². The Morgan fingerprint density at radius 2 is 2.25 bits per heavy atom. The molecule has 1 amide bonds. The van der Waals surface area contributed by atoms with Crippen LogP contribution >= 0.6 is 0 Å². The lowest BCUT2D eigenvalue weighted by atomic mass is 10.1. The number of anilines is 1. The van der Waals surface area contributed by atoms with Crippen LogP contribution in [0.15, 0.2) is 18.2 Å². The number of rotatable bonds is 5. The molecule has 0 spiro atoms. The molecule has 88 valence electrons. The number of nitrogens with one attached hydrogen (secondary N) is 1. The van der Waals surface area contributed by atoms with Gasteiger partial charge in [0, 0.05) is 24.4 Å². The van der Waals surface area contributed by atoms with Crippen molar-refractivity contribution >= 4 is 11.6 Å². The smallest absolute Gasteiger partial charge is 0.251 e. The fourth-order valence-corrected chi connectivity index (χ4v) is 1.38. The van der Waals surface area contributed by atoms with Gasteiger partial charge in [-0.25, -0.2) is 0 Å². The van der Waals surface area contributed by atoms with Crippen molar-refractivity contribution in [1.29, 1.82) is 0 Å². The quantitative estimate of drug-likeness (QED) is 0.583. The van der Waals surface area contributed by atoms with Gasteiger partial charge in [-0.3, -0.25) is 4.79 Å². The number of hydrogen-bond acceptors (Lipinski definition) is 3. The topological polar surface area (TPSA) is 64.3 Å². The van der Waals surface area contributed by atoms with E-state index in [9.17, 15) is 4.79 Å². The molecule has 0 bridgehead atoms. The van der Waals surface area contributed by atoms with Gasteiger partial charge in [0.1, 0.15) is 0 Å². The molecule has 1 aromatic carbocycles. The molecule has 4 heteroatoms. The fraction of sp³-hybridized carbons (Fsp3) is 0.417. The summed E-state index contributed by atoms with van der Waals surface area (Å²) in [7, 11) is 0. The van der Waals surface area contributed by atoms with E-state index in [0.717, 1.165) is 5.56 Å². The summed E-state index contributed by atoms with van der Waals surface area (Å²) in [4.78, 5) is 11.8. The first-order chi connectivity index (χ1) is 7.66. The third-order valence-corrected chi connectivity index (χ3v) is 2.36. The maximum absolute atomic E-state index is 11.8. The van der Waals surface area contributed by atoms with Gasteiger partial charge < -0.3 is 15.8 Å². The molecular formula is C12H18N2O2. The second kappa shape index (κ2) is 6.12. The average molecular weight is 222 g/mol. The molecule has 0 radical (unpaired) electrons. The molecule has 0 fully saturated rings. The number of nitrogens with two attached hydrogens (primary N) is 1. The molecule has 1 rings (SSSR count). The Balaban J connectivity index is 2.56. The predicted octanol–water partition coefficient (Wildman–Crippen LogP) is 1.34. The molecule has 0 unspecified atom stereocenters. The van der Waals surface area contributed by atoms with Crippen molar-refractivity contribution in [3.63, 3.8) is 0 Å². The molecule has 3 N–H and O–H groups in total. The normalized spacial score (nSPS) is 10.1. The molecule has 16 heavy (non-hydrogen) atoms. The van der Waals surface area contributed by atoms with Crippen LogP contribution in [0.2, 0.25) is 0 Å². The highest BCUT2D eigenvalue weighted by atomic mass is 16.5. The van der Waals surface area contributed by atoms with E-state index >= 15 is 0 Å². The molecular weight excluding hydrogens is 204 g/mol. The summed E-state index contributed by atoms with van der Waals surface area (Å²) >= 11 is 0. The summed E-state index contributed by atoms with van der Waals surface area (Å²) in [5.74, 6) is -0.107. The molecule has 0 aromatic heterocycles. The van der Waals surface area contributed by atoms with Gasteiger partial charge in [-0.15, -0.1) is 0 Å². The average Bonchev–Trinajstić information content (AvgIpc) is 2.28. The van der Waals surface area contributed by atoms with E-state index in [-0.39, 0.29) is 5.91 Å². The highest BCUT2D eigenvalue weighted by Crippen LogP contribution is 2.14. The Labute approximate surface area is 95.8 Å². The summed E-state index contributed by atoms with van der Waals surface area (Å²) in [6.07, 6.45) is 0. The molecule has 0 aliphatic carbocycles. The van der Waals surface area contributed by atoms with Crippen molar-refractivity contribution in [1.82, 2.24) is 5.32 Å². The summed E-state index contributed by atoms with van der Waals surface area (Å²) in [6.45, 7) is 5.47. The fourth-order valence-electron chi connectivity index (χ4n) is 1.38. The summed E-state index contributed by atoms with van der Waals surface area (Å²) in [5, 5.41) is 2.78. The number of carbonyl (C=O) groups excluding carboxylic acids is 1. The number of amides is 1. The zero-order valence-electron chi connectivity index (χ0n) is 9.75. The second-order valence-electron chi connectivity index (χ2n) is 3.47. The lowest BCUT2D eigenvalue weighted by Gasteiger charge is -2.09. The van der Waals surface area contributed by atoms with Crippen LogP contribution in [0.4, 0.5) is 5.69 Å². The van der Waals surface area contributed by atoms with Crippen LogP contribution in [0.1, 0.15) is 22.8 Å². The van der Waals surface area contributed by atoms with Crippen molar-refractivity contribution in [2.45, 2.75) is 13.8 Å². The van der Waals surface area contributed by atoms with E-state index in [1.165, 1.54) is 0 Å². The second-order valence-corrected chi connectivity index (χ2v) is 3.47. The van der Waals surface area contributed by atoms with E-state index in [0.29, 0.717) is 31.0 Å². The van der Waals surface area contributed by atoms with Gasteiger partial charge in [-0.2, -0.15) is 0 Å². The maximum Gasteiger partial charge on any atom is 0.251 e. The van der Waals surface area contributed by atoms with Gasteiger partial charge in [0.2, 0.25) is 0 Å². The first kappa shape index (κ1) is 12.5. The number of benzene rings is 1. The standard InChI is InChI=1S/C12H18N2O2/c1-3-16-8-7-14-12(15)10-5-4-6-11(13)9(10)2/h4-6H,3,7-8,13H2,1-2H3,(H,14,15). The van der Waals surface area contributed by atoms with Crippen LogP contribution < -0.4 is 11.1 Å². The molecule has 0 saturated carbocycles. The van der Waals surface area contributed by atoms with Crippen molar-refractivity contribution in [2.24, 2.45) is 0 Å². The first-order valence-electron chi connectivity index (χ1n) is 5.37. The van der Waals surface area contributed by atoms with Crippen molar-refractivity contribution in [3.8, 4) is 0 Å². The van der Waals surface area contributed by atoms with Gasteiger partial charge in [-0.05, 0) is 31.5 Å². The van der Waals surface area contributed by atoms with Gasteiger partial charge >= 0.3 is 0 Å². The van der Waals surface area contributed by atoms with Crippen LogP contribution in [0.3, 0.4) is 0 Å². The third kappa shape index (κ3) is 3.24. The Morgan fingerprint density at radius 3 is 2.94 bits per heavy atom. The molecule has 0 saturated heterocycles. The number of ether oxygens (including phenoxy) is 1. The Bertz CT molecular complexity index is 364. The van der Waals surface area contributed by atoms with Gasteiger partial charge in [0.25, 0.3) is 5.91 Å². The molecule has 1 aromatic rings.